The SMILES string of the molecule is Clc1cncnc1NCc1nncn1C1CC1. The number of rotatable bonds is 4. The second-order valence-electron chi connectivity index (χ2n) is 3.96. The summed E-state index contributed by atoms with van der Waals surface area (Å²) >= 11 is 5.95. The van der Waals surface area contributed by atoms with Crippen molar-refractivity contribution in [2.24, 2.45) is 0 Å². The summed E-state index contributed by atoms with van der Waals surface area (Å²) in [6, 6.07) is 0.572. The lowest BCUT2D eigenvalue weighted by Crippen LogP contribution is -2.08. The largest absolute Gasteiger partial charge is 0.361 e. The fraction of sp³-hybridized carbons (Fsp3) is 0.400. The first-order valence-corrected chi connectivity index (χ1v) is 5.80. The van der Waals surface area contributed by atoms with Crippen LogP contribution in [0.3, 0.4) is 0 Å². The van der Waals surface area contributed by atoms with E-state index in [1.54, 1.807) is 12.5 Å². The predicted octanol–water partition coefficient (Wildman–Crippen LogP) is 1.67. The number of hydrogen-bond acceptors (Lipinski definition) is 5. The van der Waals surface area contributed by atoms with Gasteiger partial charge in [-0.3, -0.25) is 0 Å². The lowest BCUT2D eigenvalue weighted by Gasteiger charge is -2.07. The quantitative estimate of drug-likeness (QED) is 0.894. The van der Waals surface area contributed by atoms with Crippen molar-refractivity contribution in [3.63, 3.8) is 0 Å². The first-order chi connectivity index (χ1) is 8.34. The molecule has 6 nitrogen and oxygen atoms in total. The molecule has 0 atom stereocenters. The van der Waals surface area contributed by atoms with E-state index in [2.05, 4.69) is 30.0 Å². The highest BCUT2D eigenvalue weighted by molar-refractivity contribution is 6.32. The van der Waals surface area contributed by atoms with Crippen LogP contribution >= 0.6 is 11.6 Å². The van der Waals surface area contributed by atoms with Gasteiger partial charge in [0.05, 0.1) is 12.7 Å². The van der Waals surface area contributed by atoms with Crippen LogP contribution in [0.25, 0.3) is 0 Å². The summed E-state index contributed by atoms with van der Waals surface area (Å²) in [5.41, 5.74) is 0. The lowest BCUT2D eigenvalue weighted by molar-refractivity contribution is 0.689. The summed E-state index contributed by atoms with van der Waals surface area (Å²) in [4.78, 5) is 7.89. The van der Waals surface area contributed by atoms with Crippen LogP contribution in [-0.4, -0.2) is 24.7 Å². The third-order valence-corrected chi connectivity index (χ3v) is 2.95. The molecule has 1 aliphatic rings. The van der Waals surface area contributed by atoms with E-state index in [1.807, 2.05) is 0 Å². The van der Waals surface area contributed by atoms with E-state index in [0.717, 1.165) is 5.82 Å². The Labute approximate surface area is 103 Å². The Balaban J connectivity index is 1.71. The van der Waals surface area contributed by atoms with Gasteiger partial charge in [-0.05, 0) is 12.8 Å². The fourth-order valence-corrected chi connectivity index (χ4v) is 1.83. The molecular weight excluding hydrogens is 240 g/mol. The molecule has 3 rings (SSSR count). The van der Waals surface area contributed by atoms with Gasteiger partial charge in [0.1, 0.15) is 23.5 Å². The minimum Gasteiger partial charge on any atom is -0.361 e. The van der Waals surface area contributed by atoms with Crippen LogP contribution < -0.4 is 5.32 Å². The number of nitrogens with zero attached hydrogens (tertiary/aromatic N) is 5. The fourth-order valence-electron chi connectivity index (χ4n) is 1.66. The van der Waals surface area contributed by atoms with Crippen LogP contribution in [-0.2, 0) is 6.54 Å². The molecule has 0 saturated heterocycles. The van der Waals surface area contributed by atoms with Crippen molar-refractivity contribution in [3.8, 4) is 0 Å². The summed E-state index contributed by atoms with van der Waals surface area (Å²) in [6.45, 7) is 0.563. The van der Waals surface area contributed by atoms with Gasteiger partial charge < -0.3 is 9.88 Å². The second-order valence-corrected chi connectivity index (χ2v) is 4.37. The number of hydrogen-bond donors (Lipinski definition) is 1. The molecule has 0 spiro atoms. The summed E-state index contributed by atoms with van der Waals surface area (Å²) in [6.07, 6.45) is 7.21. The van der Waals surface area contributed by atoms with Gasteiger partial charge in [0.15, 0.2) is 5.82 Å². The molecule has 2 aromatic rings. The molecule has 1 fully saturated rings. The van der Waals surface area contributed by atoms with E-state index in [0.29, 0.717) is 23.4 Å². The van der Waals surface area contributed by atoms with Gasteiger partial charge in [-0.15, -0.1) is 10.2 Å². The van der Waals surface area contributed by atoms with Crippen molar-refractivity contribution in [2.75, 3.05) is 5.32 Å². The molecule has 0 unspecified atom stereocenters. The Morgan fingerprint density at radius 1 is 1.47 bits per heavy atom. The second kappa shape index (κ2) is 4.29. The van der Waals surface area contributed by atoms with Crippen LogP contribution in [0.1, 0.15) is 24.7 Å². The molecule has 2 aromatic heterocycles. The summed E-state index contributed by atoms with van der Waals surface area (Å²) in [5.74, 6) is 1.52. The van der Waals surface area contributed by atoms with Crippen LogP contribution in [0, 0.1) is 0 Å². The third-order valence-electron chi connectivity index (χ3n) is 2.67. The van der Waals surface area contributed by atoms with Gasteiger partial charge in [-0.2, -0.15) is 0 Å². The van der Waals surface area contributed by atoms with E-state index < -0.39 is 0 Å². The van der Waals surface area contributed by atoms with Crippen molar-refractivity contribution in [1.82, 2.24) is 24.7 Å². The van der Waals surface area contributed by atoms with Crippen LogP contribution in [0.15, 0.2) is 18.9 Å². The molecule has 2 heterocycles. The Bertz CT molecular complexity index is 521. The summed E-state index contributed by atoms with van der Waals surface area (Å²) < 4.78 is 2.10. The standard InChI is InChI=1S/C10H11ClN6/c11-8-3-12-5-14-10(8)13-4-9-16-15-6-17(9)7-1-2-7/h3,5-7H,1-2,4H2,(H,12,13,14). The number of aromatic nitrogens is 5. The summed E-state index contributed by atoms with van der Waals surface area (Å²) in [7, 11) is 0. The zero-order valence-corrected chi connectivity index (χ0v) is 9.80. The minimum atomic E-state index is 0.505. The molecule has 1 saturated carbocycles. The zero-order chi connectivity index (χ0) is 11.7. The van der Waals surface area contributed by atoms with Crippen molar-refractivity contribution < 1.29 is 0 Å². The van der Waals surface area contributed by atoms with Crippen LogP contribution in [0.4, 0.5) is 5.82 Å². The van der Waals surface area contributed by atoms with E-state index in [4.69, 9.17) is 11.6 Å². The first-order valence-electron chi connectivity index (χ1n) is 5.42. The first kappa shape index (κ1) is 10.5. The maximum absolute atomic E-state index is 5.95. The average Bonchev–Trinajstić information content (AvgIpc) is 3.08. The lowest BCUT2D eigenvalue weighted by atomic mass is 10.5. The predicted molar refractivity (Wildman–Crippen MR) is 62.7 cm³/mol. The van der Waals surface area contributed by atoms with Crippen LogP contribution in [0.2, 0.25) is 5.02 Å². The molecule has 17 heavy (non-hydrogen) atoms. The average molecular weight is 251 g/mol. The molecule has 0 radical (unpaired) electrons. The molecule has 1 aliphatic carbocycles. The number of nitrogens with one attached hydrogen (secondary N) is 1. The molecule has 1 N–H and O–H groups in total. The normalized spacial score (nSPS) is 14.9. The smallest absolute Gasteiger partial charge is 0.152 e. The van der Waals surface area contributed by atoms with Crippen molar-refractivity contribution >= 4 is 17.4 Å². The maximum atomic E-state index is 5.95. The maximum Gasteiger partial charge on any atom is 0.152 e. The molecular formula is C10H11ClN6. The van der Waals surface area contributed by atoms with Gasteiger partial charge in [0.2, 0.25) is 0 Å². The molecule has 7 heteroatoms. The monoisotopic (exact) mass is 250 g/mol. The molecule has 0 amide bonds. The van der Waals surface area contributed by atoms with E-state index in [9.17, 15) is 0 Å². The van der Waals surface area contributed by atoms with Gasteiger partial charge in [-0.1, -0.05) is 11.6 Å². The topological polar surface area (TPSA) is 68.5 Å². The Morgan fingerprint density at radius 2 is 2.35 bits per heavy atom. The van der Waals surface area contributed by atoms with Gasteiger partial charge in [0, 0.05) is 6.04 Å². The molecule has 0 aliphatic heterocycles. The van der Waals surface area contributed by atoms with Gasteiger partial charge in [-0.25, -0.2) is 9.97 Å². The highest BCUT2D eigenvalue weighted by Gasteiger charge is 2.25. The van der Waals surface area contributed by atoms with E-state index in [1.165, 1.54) is 19.2 Å². The molecule has 88 valence electrons. The highest BCUT2D eigenvalue weighted by Crippen LogP contribution is 2.35. The van der Waals surface area contributed by atoms with E-state index >= 15 is 0 Å². The Morgan fingerprint density at radius 3 is 3.12 bits per heavy atom. The Kier molecular flexibility index (Phi) is 2.64. The van der Waals surface area contributed by atoms with Crippen molar-refractivity contribution in [1.29, 1.82) is 0 Å². The number of anilines is 1. The zero-order valence-electron chi connectivity index (χ0n) is 9.04. The van der Waals surface area contributed by atoms with Gasteiger partial charge in [0.25, 0.3) is 0 Å². The van der Waals surface area contributed by atoms with Crippen molar-refractivity contribution in [3.05, 3.63) is 29.7 Å². The third kappa shape index (κ3) is 2.21. The Hall–Kier alpha value is -1.69. The highest BCUT2D eigenvalue weighted by atomic mass is 35.5. The van der Waals surface area contributed by atoms with Crippen molar-refractivity contribution in [2.45, 2.75) is 25.4 Å². The molecule has 0 aromatic carbocycles. The molecule has 0 bridgehead atoms. The van der Waals surface area contributed by atoms with Crippen LogP contribution in [0.5, 0.6) is 0 Å². The minimum absolute atomic E-state index is 0.505. The van der Waals surface area contributed by atoms with Gasteiger partial charge >= 0.3 is 0 Å². The van der Waals surface area contributed by atoms with E-state index in [-0.39, 0.29) is 0 Å². The summed E-state index contributed by atoms with van der Waals surface area (Å²) in [5, 5.41) is 11.6. The number of halogens is 1.